The molecule has 0 radical (unpaired) electrons. The van der Waals surface area contributed by atoms with Crippen LogP contribution in [0.25, 0.3) is 27.8 Å². The van der Waals surface area contributed by atoms with Gasteiger partial charge in [0.1, 0.15) is 12.1 Å². The van der Waals surface area contributed by atoms with Gasteiger partial charge in [-0.3, -0.25) is 4.57 Å². The van der Waals surface area contributed by atoms with Crippen LogP contribution in [0.1, 0.15) is 17.0 Å². The standard InChI is InChI=1S/C18H13F3N4/c1-10-7-14-15(8-11(10)2)25(9-22-14)16-12-5-3-4-6-13(12)23-17(24-16)18(19,20)21/h3-9H,1-2H3. The highest BCUT2D eigenvalue weighted by molar-refractivity contribution is 5.88. The molecule has 0 aliphatic heterocycles. The van der Waals surface area contributed by atoms with Crippen LogP contribution in [-0.4, -0.2) is 19.5 Å². The van der Waals surface area contributed by atoms with Crippen molar-refractivity contribution in [2.24, 2.45) is 0 Å². The first-order valence-electron chi connectivity index (χ1n) is 7.63. The molecule has 0 atom stereocenters. The number of alkyl halides is 3. The van der Waals surface area contributed by atoms with Crippen molar-refractivity contribution < 1.29 is 13.2 Å². The second-order valence-electron chi connectivity index (χ2n) is 5.93. The molecule has 2 heterocycles. The van der Waals surface area contributed by atoms with Gasteiger partial charge in [0.15, 0.2) is 0 Å². The van der Waals surface area contributed by atoms with Crippen LogP contribution in [0, 0.1) is 13.8 Å². The van der Waals surface area contributed by atoms with Crippen LogP contribution in [0.4, 0.5) is 13.2 Å². The Morgan fingerprint density at radius 2 is 1.64 bits per heavy atom. The minimum Gasteiger partial charge on any atom is -0.282 e. The van der Waals surface area contributed by atoms with Gasteiger partial charge in [-0.05, 0) is 49.2 Å². The molecule has 0 aliphatic rings. The lowest BCUT2D eigenvalue weighted by atomic mass is 10.1. The Hall–Kier alpha value is -2.96. The van der Waals surface area contributed by atoms with Gasteiger partial charge in [0.2, 0.25) is 5.82 Å². The summed E-state index contributed by atoms with van der Waals surface area (Å²) in [5, 5.41) is 0.535. The van der Waals surface area contributed by atoms with Crippen molar-refractivity contribution >= 4 is 21.9 Å². The minimum absolute atomic E-state index is 0.170. The highest BCUT2D eigenvalue weighted by Crippen LogP contribution is 2.31. The van der Waals surface area contributed by atoms with Crippen molar-refractivity contribution in [3.05, 3.63) is 59.7 Å². The third-order valence-electron chi connectivity index (χ3n) is 4.23. The second kappa shape index (κ2) is 5.27. The van der Waals surface area contributed by atoms with E-state index in [2.05, 4.69) is 15.0 Å². The number of nitrogens with zero attached hydrogens (tertiary/aromatic N) is 4. The van der Waals surface area contributed by atoms with E-state index in [1.807, 2.05) is 26.0 Å². The van der Waals surface area contributed by atoms with Crippen LogP contribution in [0.5, 0.6) is 0 Å². The number of fused-ring (bicyclic) bond motifs is 2. The molecule has 126 valence electrons. The van der Waals surface area contributed by atoms with Gasteiger partial charge < -0.3 is 0 Å². The Bertz CT molecular complexity index is 1110. The first-order chi connectivity index (χ1) is 11.8. The summed E-state index contributed by atoms with van der Waals surface area (Å²) in [5.41, 5.74) is 3.76. The predicted molar refractivity (Wildman–Crippen MR) is 88.6 cm³/mol. The van der Waals surface area contributed by atoms with Crippen LogP contribution in [-0.2, 0) is 6.18 Å². The zero-order valence-electron chi connectivity index (χ0n) is 13.5. The third kappa shape index (κ3) is 2.52. The van der Waals surface area contributed by atoms with E-state index in [1.54, 1.807) is 28.8 Å². The minimum atomic E-state index is -4.62. The fraction of sp³-hybridized carbons (Fsp3) is 0.167. The molecule has 7 heteroatoms. The van der Waals surface area contributed by atoms with E-state index in [0.29, 0.717) is 16.4 Å². The molecule has 4 aromatic rings. The summed E-state index contributed by atoms with van der Waals surface area (Å²) in [6.07, 6.45) is -3.12. The van der Waals surface area contributed by atoms with Crippen LogP contribution < -0.4 is 0 Å². The number of halogens is 3. The largest absolute Gasteiger partial charge is 0.451 e. The van der Waals surface area contributed by atoms with Crippen molar-refractivity contribution in [1.29, 1.82) is 0 Å². The van der Waals surface area contributed by atoms with E-state index in [0.717, 1.165) is 11.1 Å². The third-order valence-corrected chi connectivity index (χ3v) is 4.23. The van der Waals surface area contributed by atoms with Gasteiger partial charge in [-0.1, -0.05) is 12.1 Å². The molecule has 0 saturated heterocycles. The lowest BCUT2D eigenvalue weighted by molar-refractivity contribution is -0.144. The van der Waals surface area contributed by atoms with Crippen LogP contribution in [0.15, 0.2) is 42.7 Å². The van der Waals surface area contributed by atoms with E-state index in [-0.39, 0.29) is 11.3 Å². The average Bonchev–Trinajstić information content (AvgIpc) is 2.96. The van der Waals surface area contributed by atoms with Crippen LogP contribution in [0.2, 0.25) is 0 Å². The summed E-state index contributed by atoms with van der Waals surface area (Å²) < 4.78 is 41.2. The SMILES string of the molecule is Cc1cc2ncn(-c3nc(C(F)(F)F)nc4ccccc34)c2cc1C. The monoisotopic (exact) mass is 342 g/mol. The number of imidazole rings is 1. The summed E-state index contributed by atoms with van der Waals surface area (Å²) in [7, 11) is 0. The lowest BCUT2D eigenvalue weighted by Gasteiger charge is -2.12. The number of para-hydroxylation sites is 1. The predicted octanol–water partition coefficient (Wildman–Crippen LogP) is 4.60. The first kappa shape index (κ1) is 15.6. The van der Waals surface area contributed by atoms with E-state index >= 15 is 0 Å². The van der Waals surface area contributed by atoms with Gasteiger partial charge in [-0.2, -0.15) is 13.2 Å². The molecule has 0 saturated carbocycles. The Morgan fingerprint density at radius 3 is 2.40 bits per heavy atom. The molecule has 0 fully saturated rings. The van der Waals surface area contributed by atoms with Gasteiger partial charge in [-0.25, -0.2) is 15.0 Å². The Morgan fingerprint density at radius 1 is 0.920 bits per heavy atom. The molecule has 4 rings (SSSR count). The maximum Gasteiger partial charge on any atom is 0.451 e. The maximum absolute atomic E-state index is 13.2. The van der Waals surface area contributed by atoms with Crippen LogP contribution in [0.3, 0.4) is 0 Å². The van der Waals surface area contributed by atoms with Crippen molar-refractivity contribution in [3.63, 3.8) is 0 Å². The summed E-state index contributed by atoms with van der Waals surface area (Å²) in [6.45, 7) is 3.92. The molecule has 2 aromatic heterocycles. The topological polar surface area (TPSA) is 43.6 Å². The van der Waals surface area contributed by atoms with E-state index in [1.165, 1.54) is 6.33 Å². The molecule has 25 heavy (non-hydrogen) atoms. The zero-order chi connectivity index (χ0) is 17.8. The fourth-order valence-corrected chi connectivity index (χ4v) is 2.80. The Balaban J connectivity index is 2.08. The molecule has 0 N–H and O–H groups in total. The quantitative estimate of drug-likeness (QED) is 0.508. The number of hydrogen-bond acceptors (Lipinski definition) is 3. The molecular weight excluding hydrogens is 329 g/mol. The van der Waals surface area contributed by atoms with E-state index < -0.39 is 12.0 Å². The summed E-state index contributed by atoms with van der Waals surface area (Å²) in [5.74, 6) is -0.990. The van der Waals surface area contributed by atoms with Crippen molar-refractivity contribution in [3.8, 4) is 5.82 Å². The average molecular weight is 342 g/mol. The van der Waals surface area contributed by atoms with Gasteiger partial charge >= 0.3 is 6.18 Å². The van der Waals surface area contributed by atoms with Crippen molar-refractivity contribution in [1.82, 2.24) is 19.5 Å². The highest BCUT2D eigenvalue weighted by atomic mass is 19.4. The molecule has 2 aromatic carbocycles. The van der Waals surface area contributed by atoms with Crippen LogP contribution >= 0.6 is 0 Å². The fourth-order valence-electron chi connectivity index (χ4n) is 2.80. The number of hydrogen-bond donors (Lipinski definition) is 0. The molecule has 0 amide bonds. The summed E-state index contributed by atoms with van der Waals surface area (Å²) >= 11 is 0. The Kier molecular flexibility index (Phi) is 3.28. The lowest BCUT2D eigenvalue weighted by Crippen LogP contribution is -2.13. The molecular formula is C18H13F3N4. The van der Waals surface area contributed by atoms with E-state index in [4.69, 9.17) is 0 Å². The van der Waals surface area contributed by atoms with Gasteiger partial charge in [-0.15, -0.1) is 0 Å². The van der Waals surface area contributed by atoms with Gasteiger partial charge in [0, 0.05) is 5.39 Å². The summed E-state index contributed by atoms with van der Waals surface area (Å²) in [4.78, 5) is 11.8. The Labute approximate surface area is 141 Å². The smallest absolute Gasteiger partial charge is 0.282 e. The maximum atomic E-state index is 13.2. The van der Waals surface area contributed by atoms with Crippen molar-refractivity contribution in [2.75, 3.05) is 0 Å². The molecule has 0 aliphatic carbocycles. The normalized spacial score (nSPS) is 12.2. The highest BCUT2D eigenvalue weighted by Gasteiger charge is 2.35. The number of aromatic nitrogens is 4. The first-order valence-corrected chi connectivity index (χ1v) is 7.63. The van der Waals surface area contributed by atoms with Crippen molar-refractivity contribution in [2.45, 2.75) is 20.0 Å². The van der Waals surface area contributed by atoms with E-state index in [9.17, 15) is 13.2 Å². The van der Waals surface area contributed by atoms with Gasteiger partial charge in [0.25, 0.3) is 0 Å². The van der Waals surface area contributed by atoms with Gasteiger partial charge in [0.05, 0.1) is 16.6 Å². The molecule has 0 spiro atoms. The number of benzene rings is 2. The zero-order valence-corrected chi connectivity index (χ0v) is 13.5. The summed E-state index contributed by atoms with van der Waals surface area (Å²) in [6, 6.07) is 10.5. The molecule has 0 bridgehead atoms. The number of aryl methyl sites for hydroxylation is 2. The number of rotatable bonds is 1. The molecule has 0 unspecified atom stereocenters. The second-order valence-corrected chi connectivity index (χ2v) is 5.93. The molecule has 4 nitrogen and oxygen atoms in total.